The van der Waals surface area contributed by atoms with Gasteiger partial charge in [-0.2, -0.15) is 15.3 Å². The highest BCUT2D eigenvalue weighted by molar-refractivity contribution is 6.02. The van der Waals surface area contributed by atoms with Gasteiger partial charge in [0.2, 0.25) is 0 Å². The Morgan fingerprint density at radius 3 is 2.52 bits per heavy atom. The summed E-state index contributed by atoms with van der Waals surface area (Å²) in [6, 6.07) is 8.87. The van der Waals surface area contributed by atoms with Crippen LogP contribution in [-0.4, -0.2) is 42.4 Å². The summed E-state index contributed by atoms with van der Waals surface area (Å²) in [5.74, 6) is 1.12. The van der Waals surface area contributed by atoms with E-state index in [-0.39, 0.29) is 18.3 Å². The number of ether oxygens (including phenoxy) is 2. The molecule has 1 amide bonds. The summed E-state index contributed by atoms with van der Waals surface area (Å²) >= 11 is 0. The molecular weight excluding hydrogens is 398 g/mol. The zero-order chi connectivity index (χ0) is 21.6. The van der Waals surface area contributed by atoms with Crippen molar-refractivity contribution in [2.75, 3.05) is 12.4 Å². The highest BCUT2D eigenvalue weighted by atomic mass is 16.5. The Labute approximate surface area is 179 Å². The Hall–Kier alpha value is -4.08. The predicted molar refractivity (Wildman–Crippen MR) is 113 cm³/mol. The first-order valence-corrected chi connectivity index (χ1v) is 9.78. The van der Waals surface area contributed by atoms with E-state index in [0.717, 1.165) is 17.9 Å². The molecule has 3 heterocycles. The maximum Gasteiger partial charge on any atom is 0.276 e. The molecule has 4 aromatic rings. The Bertz CT molecular complexity index is 1140. The summed E-state index contributed by atoms with van der Waals surface area (Å²) in [5.41, 5.74) is 1.92. The van der Waals surface area contributed by atoms with E-state index in [1.807, 2.05) is 36.1 Å². The zero-order valence-corrected chi connectivity index (χ0v) is 17.3. The average Bonchev–Trinajstić information content (AvgIpc) is 3.54. The molecule has 0 saturated carbocycles. The molecule has 0 radical (unpaired) electrons. The topological polar surface area (TPSA) is 101 Å². The van der Waals surface area contributed by atoms with Crippen molar-refractivity contribution < 1.29 is 14.3 Å². The summed E-state index contributed by atoms with van der Waals surface area (Å²) in [7, 11) is 1.61. The van der Waals surface area contributed by atoms with Crippen molar-refractivity contribution >= 4 is 11.6 Å². The number of rotatable bonds is 9. The van der Waals surface area contributed by atoms with Gasteiger partial charge >= 0.3 is 0 Å². The van der Waals surface area contributed by atoms with Gasteiger partial charge in [-0.3, -0.25) is 14.2 Å². The summed E-state index contributed by atoms with van der Waals surface area (Å²) < 4.78 is 15.9. The number of anilines is 1. The lowest BCUT2D eigenvalue weighted by Crippen LogP contribution is -2.14. The molecule has 0 saturated heterocycles. The van der Waals surface area contributed by atoms with E-state index in [1.165, 1.54) is 0 Å². The largest absolute Gasteiger partial charge is 0.497 e. The van der Waals surface area contributed by atoms with Crippen LogP contribution in [0.5, 0.6) is 11.5 Å². The first-order valence-electron chi connectivity index (χ1n) is 9.78. The molecule has 0 aliphatic heterocycles. The zero-order valence-electron chi connectivity index (χ0n) is 17.3. The number of carbonyl (C=O) groups is 1. The molecule has 10 nitrogen and oxygen atoms in total. The third-order valence-corrected chi connectivity index (χ3v) is 4.54. The van der Waals surface area contributed by atoms with Crippen LogP contribution in [0.15, 0.2) is 61.3 Å². The first-order chi connectivity index (χ1) is 15.1. The number of aromatic nitrogens is 6. The standard InChI is InChI=1S/C21H23N7O3/c1-3-26-12-16(10-22-26)13-28-14-17(11-23-28)24-21(29)20-8-9-27(25-20)15-31-19-6-4-18(30-2)5-7-19/h4-12,14H,3,13,15H2,1-2H3,(H,24,29). The lowest BCUT2D eigenvalue weighted by molar-refractivity contribution is 0.102. The first kappa shape index (κ1) is 20.2. The van der Waals surface area contributed by atoms with Crippen LogP contribution in [0.4, 0.5) is 5.69 Å². The number of hydrogen-bond acceptors (Lipinski definition) is 6. The minimum Gasteiger partial charge on any atom is -0.497 e. The minimum atomic E-state index is -0.318. The van der Waals surface area contributed by atoms with E-state index in [0.29, 0.717) is 18.0 Å². The Morgan fingerprint density at radius 2 is 1.77 bits per heavy atom. The maximum absolute atomic E-state index is 12.5. The van der Waals surface area contributed by atoms with E-state index in [1.54, 1.807) is 53.3 Å². The number of aryl methyl sites for hydroxylation is 1. The highest BCUT2D eigenvalue weighted by Gasteiger charge is 2.12. The summed E-state index contributed by atoms with van der Waals surface area (Å²) in [6.45, 7) is 3.61. The van der Waals surface area contributed by atoms with Gasteiger partial charge in [0.25, 0.3) is 5.91 Å². The molecular formula is C21H23N7O3. The van der Waals surface area contributed by atoms with Crippen LogP contribution >= 0.6 is 0 Å². The summed E-state index contributed by atoms with van der Waals surface area (Å²) in [6.07, 6.45) is 8.84. The van der Waals surface area contributed by atoms with Crippen molar-refractivity contribution in [1.29, 1.82) is 0 Å². The van der Waals surface area contributed by atoms with Crippen LogP contribution in [0.25, 0.3) is 0 Å². The van der Waals surface area contributed by atoms with E-state index < -0.39 is 0 Å². The van der Waals surface area contributed by atoms with E-state index in [9.17, 15) is 4.79 Å². The quantitative estimate of drug-likeness (QED) is 0.446. The number of hydrogen-bond donors (Lipinski definition) is 1. The molecule has 31 heavy (non-hydrogen) atoms. The Morgan fingerprint density at radius 1 is 1.00 bits per heavy atom. The van der Waals surface area contributed by atoms with Crippen molar-refractivity contribution in [3.63, 3.8) is 0 Å². The maximum atomic E-state index is 12.5. The van der Waals surface area contributed by atoms with E-state index in [2.05, 4.69) is 20.6 Å². The molecule has 0 spiro atoms. The average molecular weight is 421 g/mol. The molecule has 0 aliphatic rings. The van der Waals surface area contributed by atoms with Gasteiger partial charge in [-0.15, -0.1) is 0 Å². The fourth-order valence-electron chi connectivity index (χ4n) is 2.93. The predicted octanol–water partition coefficient (Wildman–Crippen LogP) is 2.64. The lowest BCUT2D eigenvalue weighted by atomic mass is 10.3. The van der Waals surface area contributed by atoms with Crippen molar-refractivity contribution in [3.05, 3.63) is 72.6 Å². The molecule has 4 rings (SSSR count). The minimum absolute atomic E-state index is 0.184. The van der Waals surface area contributed by atoms with Gasteiger partial charge in [0, 0.05) is 30.7 Å². The van der Waals surface area contributed by atoms with Gasteiger partial charge in [0.1, 0.15) is 11.5 Å². The van der Waals surface area contributed by atoms with E-state index in [4.69, 9.17) is 9.47 Å². The number of methoxy groups -OCH3 is 1. The van der Waals surface area contributed by atoms with E-state index >= 15 is 0 Å². The Balaban J connectivity index is 1.30. The fraction of sp³-hybridized carbons (Fsp3) is 0.238. The van der Waals surface area contributed by atoms with Crippen LogP contribution in [0.2, 0.25) is 0 Å². The fourth-order valence-corrected chi connectivity index (χ4v) is 2.93. The second kappa shape index (κ2) is 9.16. The number of nitrogens with one attached hydrogen (secondary N) is 1. The van der Waals surface area contributed by atoms with Crippen LogP contribution in [0.1, 0.15) is 23.0 Å². The number of nitrogens with zero attached hydrogens (tertiary/aromatic N) is 6. The van der Waals surface area contributed by atoms with Gasteiger partial charge in [0.05, 0.1) is 31.7 Å². The Kier molecular flexibility index (Phi) is 5.97. The molecule has 160 valence electrons. The van der Waals surface area contributed by atoms with Crippen molar-refractivity contribution in [1.82, 2.24) is 29.3 Å². The molecule has 10 heteroatoms. The molecule has 0 unspecified atom stereocenters. The molecule has 1 N–H and O–H groups in total. The molecule has 1 aromatic carbocycles. The van der Waals surface area contributed by atoms with Crippen molar-refractivity contribution in [3.8, 4) is 11.5 Å². The van der Waals surface area contributed by atoms with Gasteiger partial charge in [-0.05, 0) is 37.3 Å². The highest BCUT2D eigenvalue weighted by Crippen LogP contribution is 2.17. The molecule has 0 atom stereocenters. The van der Waals surface area contributed by atoms with Gasteiger partial charge in [0.15, 0.2) is 12.4 Å². The third-order valence-electron chi connectivity index (χ3n) is 4.54. The normalized spacial score (nSPS) is 10.8. The monoisotopic (exact) mass is 421 g/mol. The summed E-state index contributed by atoms with van der Waals surface area (Å²) in [4.78, 5) is 12.5. The molecule has 0 fully saturated rings. The second-order valence-corrected chi connectivity index (χ2v) is 6.77. The third kappa shape index (κ3) is 5.10. The van der Waals surface area contributed by atoms with Crippen molar-refractivity contribution in [2.45, 2.75) is 26.7 Å². The summed E-state index contributed by atoms with van der Waals surface area (Å²) in [5, 5.41) is 15.6. The molecule has 0 aliphatic carbocycles. The van der Waals surface area contributed by atoms with Crippen LogP contribution < -0.4 is 14.8 Å². The van der Waals surface area contributed by atoms with Gasteiger partial charge < -0.3 is 14.8 Å². The van der Waals surface area contributed by atoms with Crippen LogP contribution in [0.3, 0.4) is 0 Å². The molecule has 3 aromatic heterocycles. The van der Waals surface area contributed by atoms with Crippen LogP contribution in [0, 0.1) is 0 Å². The number of amides is 1. The van der Waals surface area contributed by atoms with Crippen molar-refractivity contribution in [2.24, 2.45) is 0 Å². The SMILES string of the molecule is CCn1cc(Cn2cc(NC(=O)c3ccn(COc4ccc(OC)cc4)n3)cn2)cn1. The molecule has 0 bridgehead atoms. The number of benzene rings is 1. The number of carbonyl (C=O) groups excluding carboxylic acids is 1. The van der Waals surface area contributed by atoms with Gasteiger partial charge in [-0.1, -0.05) is 0 Å². The lowest BCUT2D eigenvalue weighted by Gasteiger charge is -2.07. The smallest absolute Gasteiger partial charge is 0.276 e. The van der Waals surface area contributed by atoms with Crippen LogP contribution in [-0.2, 0) is 19.8 Å². The second-order valence-electron chi connectivity index (χ2n) is 6.77. The van der Waals surface area contributed by atoms with Gasteiger partial charge in [-0.25, -0.2) is 4.68 Å².